The average molecular weight is 312 g/mol. The minimum Gasteiger partial charge on any atom is -0.398 e. The molecule has 2 N–H and O–H groups in total. The molecule has 0 aliphatic carbocycles. The van der Waals surface area contributed by atoms with Gasteiger partial charge in [-0.15, -0.1) is 0 Å². The van der Waals surface area contributed by atoms with Gasteiger partial charge >= 0.3 is 0 Å². The molecule has 4 nitrogen and oxygen atoms in total. The first-order chi connectivity index (χ1) is 9.71. The van der Waals surface area contributed by atoms with Gasteiger partial charge in [-0.2, -0.15) is 4.31 Å². The normalized spacial score (nSPS) is 12.3. The third-order valence-electron chi connectivity index (χ3n) is 3.77. The molecule has 0 saturated carbocycles. The maximum atomic E-state index is 12.9. The van der Waals surface area contributed by atoms with E-state index in [2.05, 4.69) is 6.92 Å². The number of rotatable bonds is 7. The lowest BCUT2D eigenvalue weighted by Gasteiger charge is -2.27. The summed E-state index contributed by atoms with van der Waals surface area (Å²) in [5.41, 5.74) is 8.25. The Morgan fingerprint density at radius 1 is 1.14 bits per heavy atom. The molecule has 0 fully saturated rings. The Bertz CT molecular complexity index is 580. The van der Waals surface area contributed by atoms with E-state index >= 15 is 0 Å². The van der Waals surface area contributed by atoms with Gasteiger partial charge < -0.3 is 5.73 Å². The average Bonchev–Trinajstić information content (AvgIpc) is 2.38. The number of unbranched alkanes of at least 4 members (excludes halogenated alkanes) is 2. The molecule has 1 aromatic rings. The SMILES string of the molecule is CCCCCN(C(C)C)S(=O)(=O)c1cc(C)c(C)cc1N. The van der Waals surface area contributed by atoms with E-state index in [4.69, 9.17) is 5.73 Å². The predicted octanol–water partition coefficient (Wildman–Crippen LogP) is 3.47. The first kappa shape index (κ1) is 18.0. The van der Waals surface area contributed by atoms with E-state index < -0.39 is 10.0 Å². The summed E-state index contributed by atoms with van der Waals surface area (Å²) in [7, 11) is -3.54. The van der Waals surface area contributed by atoms with Gasteiger partial charge in [-0.05, 0) is 57.4 Å². The number of nitrogens with zero attached hydrogens (tertiary/aromatic N) is 1. The molecule has 0 radical (unpaired) electrons. The molecule has 0 amide bonds. The summed E-state index contributed by atoms with van der Waals surface area (Å²) in [5, 5.41) is 0. The van der Waals surface area contributed by atoms with E-state index in [1.807, 2.05) is 27.7 Å². The highest BCUT2D eigenvalue weighted by atomic mass is 32.2. The van der Waals surface area contributed by atoms with Gasteiger partial charge in [0.25, 0.3) is 0 Å². The summed E-state index contributed by atoms with van der Waals surface area (Å²) in [5.74, 6) is 0. The molecule has 1 rings (SSSR count). The zero-order valence-corrected chi connectivity index (χ0v) is 14.6. The van der Waals surface area contributed by atoms with Crippen LogP contribution in [0.4, 0.5) is 5.69 Å². The number of benzene rings is 1. The van der Waals surface area contributed by atoms with Crippen LogP contribution >= 0.6 is 0 Å². The summed E-state index contributed by atoms with van der Waals surface area (Å²) >= 11 is 0. The molecule has 0 unspecified atom stereocenters. The van der Waals surface area contributed by atoms with Crippen LogP contribution in [-0.4, -0.2) is 25.3 Å². The molecule has 0 atom stereocenters. The quantitative estimate of drug-likeness (QED) is 0.619. The zero-order chi connectivity index (χ0) is 16.2. The van der Waals surface area contributed by atoms with Gasteiger partial charge in [0.15, 0.2) is 0 Å². The largest absolute Gasteiger partial charge is 0.398 e. The van der Waals surface area contributed by atoms with Crippen LogP contribution in [0.1, 0.15) is 51.2 Å². The second-order valence-corrected chi connectivity index (χ2v) is 7.75. The first-order valence-corrected chi connectivity index (χ1v) is 9.04. The van der Waals surface area contributed by atoms with Crippen LogP contribution < -0.4 is 5.73 Å². The van der Waals surface area contributed by atoms with E-state index in [0.717, 1.165) is 30.4 Å². The smallest absolute Gasteiger partial charge is 0.245 e. The van der Waals surface area contributed by atoms with Crippen molar-refractivity contribution in [3.63, 3.8) is 0 Å². The fraction of sp³-hybridized carbons (Fsp3) is 0.625. The molecule has 0 aliphatic rings. The van der Waals surface area contributed by atoms with Crippen molar-refractivity contribution in [1.29, 1.82) is 0 Å². The lowest BCUT2D eigenvalue weighted by molar-refractivity contribution is 0.346. The highest BCUT2D eigenvalue weighted by Gasteiger charge is 2.28. The van der Waals surface area contributed by atoms with E-state index in [9.17, 15) is 8.42 Å². The van der Waals surface area contributed by atoms with Gasteiger partial charge in [-0.3, -0.25) is 0 Å². The minimum atomic E-state index is -3.54. The number of aryl methyl sites for hydroxylation is 2. The minimum absolute atomic E-state index is 0.0761. The Morgan fingerprint density at radius 3 is 2.24 bits per heavy atom. The molecule has 120 valence electrons. The van der Waals surface area contributed by atoms with Gasteiger partial charge in [0, 0.05) is 12.6 Å². The number of nitrogen functional groups attached to an aromatic ring is 1. The number of sulfonamides is 1. The molecule has 0 spiro atoms. The number of hydrogen-bond donors (Lipinski definition) is 1. The molecule has 0 bridgehead atoms. The van der Waals surface area contributed by atoms with Gasteiger partial charge in [-0.25, -0.2) is 8.42 Å². The molecular weight excluding hydrogens is 284 g/mol. The fourth-order valence-electron chi connectivity index (χ4n) is 2.34. The Labute approximate surface area is 129 Å². The van der Waals surface area contributed by atoms with E-state index in [0.29, 0.717) is 12.2 Å². The van der Waals surface area contributed by atoms with Crippen LogP contribution in [0.3, 0.4) is 0 Å². The molecule has 5 heteroatoms. The molecule has 1 aromatic carbocycles. The van der Waals surface area contributed by atoms with E-state index in [1.54, 1.807) is 16.4 Å². The Morgan fingerprint density at radius 2 is 1.71 bits per heavy atom. The van der Waals surface area contributed by atoms with Crippen LogP contribution in [0.25, 0.3) is 0 Å². The topological polar surface area (TPSA) is 63.4 Å². The molecule has 0 aromatic heterocycles. The molecule has 21 heavy (non-hydrogen) atoms. The van der Waals surface area contributed by atoms with Crippen molar-refractivity contribution in [2.45, 2.75) is 64.8 Å². The molecule has 0 saturated heterocycles. The van der Waals surface area contributed by atoms with Crippen molar-refractivity contribution in [1.82, 2.24) is 4.31 Å². The van der Waals surface area contributed by atoms with Crippen LogP contribution in [-0.2, 0) is 10.0 Å². The molecular formula is C16H28N2O2S. The molecule has 0 heterocycles. The second-order valence-electron chi connectivity index (χ2n) is 5.89. The summed E-state index contributed by atoms with van der Waals surface area (Å²) in [4.78, 5) is 0.232. The maximum Gasteiger partial charge on any atom is 0.245 e. The van der Waals surface area contributed by atoms with Crippen molar-refractivity contribution in [3.05, 3.63) is 23.3 Å². The van der Waals surface area contributed by atoms with Crippen molar-refractivity contribution in [2.75, 3.05) is 12.3 Å². The highest BCUT2D eigenvalue weighted by Crippen LogP contribution is 2.27. The fourth-order valence-corrected chi connectivity index (χ4v) is 4.19. The van der Waals surface area contributed by atoms with Crippen molar-refractivity contribution in [2.24, 2.45) is 0 Å². The van der Waals surface area contributed by atoms with Crippen molar-refractivity contribution in [3.8, 4) is 0 Å². The third-order valence-corrected chi connectivity index (χ3v) is 5.90. The van der Waals surface area contributed by atoms with E-state index in [1.165, 1.54) is 0 Å². The molecule has 0 aliphatic heterocycles. The van der Waals surface area contributed by atoms with Crippen molar-refractivity contribution < 1.29 is 8.42 Å². The van der Waals surface area contributed by atoms with Gasteiger partial charge in [-0.1, -0.05) is 19.8 Å². The van der Waals surface area contributed by atoms with Gasteiger partial charge in [0.2, 0.25) is 10.0 Å². The maximum absolute atomic E-state index is 12.9. The zero-order valence-electron chi connectivity index (χ0n) is 13.8. The van der Waals surface area contributed by atoms with Crippen LogP contribution in [0.5, 0.6) is 0 Å². The van der Waals surface area contributed by atoms with Gasteiger partial charge in [0.1, 0.15) is 4.90 Å². The number of anilines is 1. The monoisotopic (exact) mass is 312 g/mol. The number of nitrogens with two attached hydrogens (primary N) is 1. The Hall–Kier alpha value is -1.07. The summed E-state index contributed by atoms with van der Waals surface area (Å²) in [6.07, 6.45) is 2.97. The second kappa shape index (κ2) is 7.27. The van der Waals surface area contributed by atoms with E-state index in [-0.39, 0.29) is 10.9 Å². The third kappa shape index (κ3) is 4.20. The first-order valence-electron chi connectivity index (χ1n) is 7.60. The van der Waals surface area contributed by atoms with Gasteiger partial charge in [0.05, 0.1) is 5.69 Å². The number of hydrogen-bond acceptors (Lipinski definition) is 3. The van der Waals surface area contributed by atoms with Crippen LogP contribution in [0.2, 0.25) is 0 Å². The summed E-state index contributed by atoms with van der Waals surface area (Å²) in [6.45, 7) is 10.3. The van der Waals surface area contributed by atoms with Crippen molar-refractivity contribution >= 4 is 15.7 Å². The Balaban J connectivity index is 3.20. The van der Waals surface area contributed by atoms with Crippen LogP contribution in [0.15, 0.2) is 17.0 Å². The van der Waals surface area contributed by atoms with Crippen LogP contribution in [0, 0.1) is 13.8 Å². The summed E-state index contributed by atoms with van der Waals surface area (Å²) in [6, 6.07) is 3.36. The lowest BCUT2D eigenvalue weighted by Crippen LogP contribution is -2.38. The summed E-state index contributed by atoms with van der Waals surface area (Å²) < 4.78 is 27.4. The lowest BCUT2D eigenvalue weighted by atomic mass is 10.1. The predicted molar refractivity (Wildman–Crippen MR) is 88.9 cm³/mol. The Kier molecular flexibility index (Phi) is 6.23. The standard InChI is InChI=1S/C16H28N2O2S/c1-6-7-8-9-18(12(2)3)21(19,20)16-11-14(5)13(4)10-15(16)17/h10-12H,6-9,17H2,1-5H3. The highest BCUT2D eigenvalue weighted by molar-refractivity contribution is 7.89.